The van der Waals surface area contributed by atoms with Crippen LogP contribution in [0.15, 0.2) is 42.5 Å². The number of aromatic hydroxyl groups is 1. The third-order valence-electron chi connectivity index (χ3n) is 2.25. The predicted molar refractivity (Wildman–Crippen MR) is 64.3 cm³/mol. The SMILES string of the molecule is O=C(O)c1cccc(C(=O)Oc2ccccc2O)n1. The minimum Gasteiger partial charge on any atom is -0.504 e. The van der Waals surface area contributed by atoms with E-state index in [0.29, 0.717) is 0 Å². The van der Waals surface area contributed by atoms with Crippen molar-refractivity contribution in [3.63, 3.8) is 0 Å². The van der Waals surface area contributed by atoms with Crippen molar-refractivity contribution in [2.75, 3.05) is 0 Å². The zero-order chi connectivity index (χ0) is 13.8. The Balaban J connectivity index is 2.23. The minimum absolute atomic E-state index is 0.0185. The van der Waals surface area contributed by atoms with E-state index < -0.39 is 11.9 Å². The summed E-state index contributed by atoms with van der Waals surface area (Å²) >= 11 is 0. The molecular formula is C13H9NO5. The number of aromatic nitrogens is 1. The van der Waals surface area contributed by atoms with Gasteiger partial charge in [-0.1, -0.05) is 18.2 Å². The van der Waals surface area contributed by atoms with Crippen LogP contribution in [0.3, 0.4) is 0 Å². The molecule has 0 unspecified atom stereocenters. The summed E-state index contributed by atoms with van der Waals surface area (Å²) in [6.45, 7) is 0. The van der Waals surface area contributed by atoms with E-state index in [9.17, 15) is 14.7 Å². The Morgan fingerprint density at radius 1 is 1.00 bits per heavy atom. The van der Waals surface area contributed by atoms with E-state index in [-0.39, 0.29) is 22.9 Å². The maximum Gasteiger partial charge on any atom is 0.362 e. The molecule has 1 aromatic carbocycles. The lowest BCUT2D eigenvalue weighted by Gasteiger charge is -2.05. The average Bonchev–Trinajstić information content (AvgIpc) is 2.41. The zero-order valence-corrected chi connectivity index (χ0v) is 9.61. The van der Waals surface area contributed by atoms with Crippen LogP contribution in [0.25, 0.3) is 0 Å². The van der Waals surface area contributed by atoms with E-state index in [2.05, 4.69) is 4.98 Å². The minimum atomic E-state index is -1.24. The quantitative estimate of drug-likeness (QED) is 0.643. The van der Waals surface area contributed by atoms with E-state index in [1.165, 1.54) is 30.3 Å². The first-order chi connectivity index (χ1) is 9.08. The molecule has 2 rings (SSSR count). The van der Waals surface area contributed by atoms with Gasteiger partial charge < -0.3 is 14.9 Å². The maximum absolute atomic E-state index is 11.8. The molecule has 0 bridgehead atoms. The highest BCUT2D eigenvalue weighted by molar-refractivity contribution is 5.92. The lowest BCUT2D eigenvalue weighted by atomic mass is 10.3. The number of rotatable bonds is 3. The number of carbonyl (C=O) groups is 2. The third kappa shape index (κ3) is 2.86. The van der Waals surface area contributed by atoms with Gasteiger partial charge in [0.2, 0.25) is 0 Å². The summed E-state index contributed by atoms with van der Waals surface area (Å²) in [6.07, 6.45) is 0. The van der Waals surface area contributed by atoms with Crippen LogP contribution >= 0.6 is 0 Å². The van der Waals surface area contributed by atoms with Gasteiger partial charge in [-0.3, -0.25) is 0 Å². The number of benzene rings is 1. The Bertz CT molecular complexity index is 638. The molecule has 1 aromatic heterocycles. The Kier molecular flexibility index (Phi) is 3.42. The highest BCUT2D eigenvalue weighted by Crippen LogP contribution is 2.25. The molecule has 0 aliphatic carbocycles. The number of phenolic OH excluding ortho intramolecular Hbond substituents is 1. The maximum atomic E-state index is 11.8. The number of esters is 1. The van der Waals surface area contributed by atoms with Crippen LogP contribution in [0.5, 0.6) is 11.5 Å². The first-order valence-corrected chi connectivity index (χ1v) is 5.28. The predicted octanol–water partition coefficient (Wildman–Crippen LogP) is 1.70. The van der Waals surface area contributed by atoms with Crippen LogP contribution < -0.4 is 4.74 Å². The highest BCUT2D eigenvalue weighted by Gasteiger charge is 2.14. The van der Waals surface area contributed by atoms with Gasteiger partial charge in [0.05, 0.1) is 0 Å². The molecule has 2 N–H and O–H groups in total. The Morgan fingerprint density at radius 3 is 2.37 bits per heavy atom. The van der Waals surface area contributed by atoms with Crippen molar-refractivity contribution in [2.24, 2.45) is 0 Å². The molecule has 2 aromatic rings. The van der Waals surface area contributed by atoms with Gasteiger partial charge in [-0.2, -0.15) is 0 Å². The molecule has 6 nitrogen and oxygen atoms in total. The van der Waals surface area contributed by atoms with Crippen molar-refractivity contribution in [3.8, 4) is 11.5 Å². The van der Waals surface area contributed by atoms with Gasteiger partial charge in [0.15, 0.2) is 11.5 Å². The number of carboxylic acids is 1. The molecule has 6 heteroatoms. The van der Waals surface area contributed by atoms with Gasteiger partial charge in [-0.25, -0.2) is 14.6 Å². The number of para-hydroxylation sites is 2. The van der Waals surface area contributed by atoms with Crippen LogP contribution in [0.2, 0.25) is 0 Å². The number of nitrogens with zero attached hydrogens (tertiary/aromatic N) is 1. The van der Waals surface area contributed by atoms with Crippen molar-refractivity contribution in [2.45, 2.75) is 0 Å². The van der Waals surface area contributed by atoms with Gasteiger partial charge >= 0.3 is 11.9 Å². The summed E-state index contributed by atoms with van der Waals surface area (Å²) in [7, 11) is 0. The second kappa shape index (κ2) is 5.18. The van der Waals surface area contributed by atoms with E-state index in [1.807, 2.05) is 0 Å². The molecule has 0 aliphatic rings. The standard InChI is InChI=1S/C13H9NO5/c15-10-6-1-2-7-11(10)19-13(18)9-5-3-4-8(14-9)12(16)17/h1-7,15H,(H,16,17). The van der Waals surface area contributed by atoms with Gasteiger partial charge in [-0.15, -0.1) is 0 Å². The molecule has 0 spiro atoms. The van der Waals surface area contributed by atoms with Crippen molar-refractivity contribution in [1.82, 2.24) is 4.98 Å². The molecule has 0 aliphatic heterocycles. The van der Waals surface area contributed by atoms with E-state index in [4.69, 9.17) is 9.84 Å². The molecule has 0 saturated heterocycles. The smallest absolute Gasteiger partial charge is 0.362 e. The first kappa shape index (κ1) is 12.6. The van der Waals surface area contributed by atoms with Crippen LogP contribution in [-0.4, -0.2) is 27.1 Å². The summed E-state index contributed by atoms with van der Waals surface area (Å²) in [5, 5.41) is 18.2. The number of hydrogen-bond acceptors (Lipinski definition) is 5. The van der Waals surface area contributed by atoms with Gasteiger partial charge in [0, 0.05) is 0 Å². The van der Waals surface area contributed by atoms with Crippen LogP contribution in [0, 0.1) is 0 Å². The average molecular weight is 259 g/mol. The Labute approximate surface area is 107 Å². The van der Waals surface area contributed by atoms with Gasteiger partial charge in [0.25, 0.3) is 0 Å². The molecule has 0 radical (unpaired) electrons. The summed E-state index contributed by atoms with van der Waals surface area (Å²) in [5.41, 5.74) is -0.408. The van der Waals surface area contributed by atoms with Crippen molar-refractivity contribution in [3.05, 3.63) is 53.9 Å². The van der Waals surface area contributed by atoms with Crippen molar-refractivity contribution < 1.29 is 24.5 Å². The van der Waals surface area contributed by atoms with Crippen molar-refractivity contribution in [1.29, 1.82) is 0 Å². The molecule has 0 saturated carbocycles. The fourth-order valence-electron chi connectivity index (χ4n) is 1.36. The summed E-state index contributed by atoms with van der Waals surface area (Å²) in [6, 6.07) is 9.92. The van der Waals surface area contributed by atoms with Crippen LogP contribution in [-0.2, 0) is 0 Å². The van der Waals surface area contributed by atoms with Gasteiger partial charge in [-0.05, 0) is 24.3 Å². The normalized spacial score (nSPS) is 9.89. The molecule has 0 fully saturated rings. The zero-order valence-electron chi connectivity index (χ0n) is 9.61. The first-order valence-electron chi connectivity index (χ1n) is 5.28. The van der Waals surface area contributed by atoms with E-state index in [1.54, 1.807) is 12.1 Å². The highest BCUT2D eigenvalue weighted by atomic mass is 16.5. The number of carbonyl (C=O) groups excluding carboxylic acids is 1. The number of carboxylic acid groups (broad SMARTS) is 1. The third-order valence-corrected chi connectivity index (χ3v) is 2.25. The second-order valence-electron chi connectivity index (χ2n) is 3.57. The summed E-state index contributed by atoms with van der Waals surface area (Å²) in [5.74, 6) is -2.29. The summed E-state index contributed by atoms with van der Waals surface area (Å²) in [4.78, 5) is 26.1. The number of pyridine rings is 1. The number of aromatic carboxylic acids is 1. The fraction of sp³-hybridized carbons (Fsp3) is 0. The molecule has 0 atom stereocenters. The number of ether oxygens (including phenoxy) is 1. The summed E-state index contributed by atoms with van der Waals surface area (Å²) < 4.78 is 4.92. The van der Waals surface area contributed by atoms with E-state index in [0.717, 1.165) is 0 Å². The lowest BCUT2D eigenvalue weighted by molar-refractivity contribution is 0.0689. The largest absolute Gasteiger partial charge is 0.504 e. The second-order valence-corrected chi connectivity index (χ2v) is 3.57. The van der Waals surface area contributed by atoms with E-state index >= 15 is 0 Å². The molecule has 96 valence electrons. The molecule has 0 amide bonds. The van der Waals surface area contributed by atoms with Crippen LogP contribution in [0.1, 0.15) is 21.0 Å². The lowest BCUT2D eigenvalue weighted by Crippen LogP contribution is -2.13. The van der Waals surface area contributed by atoms with Crippen LogP contribution in [0.4, 0.5) is 0 Å². The fourth-order valence-corrected chi connectivity index (χ4v) is 1.36. The molecule has 19 heavy (non-hydrogen) atoms. The number of phenols is 1. The number of hydrogen-bond donors (Lipinski definition) is 2. The monoisotopic (exact) mass is 259 g/mol. The molecular weight excluding hydrogens is 250 g/mol. The Morgan fingerprint density at radius 2 is 1.68 bits per heavy atom. The molecule has 1 heterocycles. The Hall–Kier alpha value is -2.89. The van der Waals surface area contributed by atoms with Gasteiger partial charge in [0.1, 0.15) is 11.4 Å². The topological polar surface area (TPSA) is 96.7 Å². The van der Waals surface area contributed by atoms with Crippen molar-refractivity contribution >= 4 is 11.9 Å².